The summed E-state index contributed by atoms with van der Waals surface area (Å²) in [5, 5.41) is 0.410. The predicted molar refractivity (Wildman–Crippen MR) is 96.0 cm³/mol. The molecule has 0 fully saturated rings. The molecular weight excluding hydrogens is 352 g/mol. The molecule has 1 heterocycles. The van der Waals surface area contributed by atoms with E-state index >= 15 is 0 Å². The number of rotatable bonds is 5. The molecule has 0 saturated heterocycles. The predicted octanol–water partition coefficient (Wildman–Crippen LogP) is 1.80. The van der Waals surface area contributed by atoms with Crippen LogP contribution in [0.4, 0.5) is 0 Å². The van der Waals surface area contributed by atoms with Crippen LogP contribution in [0, 0.1) is 0 Å². The van der Waals surface area contributed by atoms with E-state index in [0.29, 0.717) is 10.9 Å². The normalized spacial score (nSPS) is 10.4. The summed E-state index contributed by atoms with van der Waals surface area (Å²) in [6.45, 7) is -0.321. The molecule has 0 spiro atoms. The maximum Gasteiger partial charge on any atom is 0.337 e. The number of hydrogen-bond donors (Lipinski definition) is 0. The fraction of sp³-hybridized carbons (Fsp3) is 0.158. The molecule has 0 atom stereocenters. The fourth-order valence-corrected chi connectivity index (χ4v) is 2.51. The largest absolute Gasteiger partial charge is 0.493 e. The average Bonchev–Trinajstić information content (AvgIpc) is 2.70. The first kappa shape index (κ1) is 18.1. The van der Waals surface area contributed by atoms with Crippen LogP contribution >= 0.6 is 0 Å². The maximum absolute atomic E-state index is 12.4. The van der Waals surface area contributed by atoms with Gasteiger partial charge in [0.05, 0.1) is 37.0 Å². The molecule has 0 radical (unpaired) electrons. The Bertz CT molecular complexity index is 1070. The van der Waals surface area contributed by atoms with E-state index in [-0.39, 0.29) is 29.2 Å². The lowest BCUT2D eigenvalue weighted by molar-refractivity contribution is -0.135. The molecule has 0 aliphatic carbocycles. The molecule has 3 rings (SSSR count). The Labute approximate surface area is 153 Å². The smallest absolute Gasteiger partial charge is 0.337 e. The summed E-state index contributed by atoms with van der Waals surface area (Å²) >= 11 is 0. The molecule has 8 nitrogen and oxygen atoms in total. The van der Waals surface area contributed by atoms with Crippen molar-refractivity contribution in [2.24, 2.45) is 0 Å². The first-order valence-corrected chi connectivity index (χ1v) is 7.94. The highest BCUT2D eigenvalue weighted by atomic mass is 16.6. The molecule has 2 aromatic carbocycles. The summed E-state index contributed by atoms with van der Waals surface area (Å²) in [6.07, 6.45) is 1.30. The molecule has 0 amide bonds. The lowest BCUT2D eigenvalue weighted by Crippen LogP contribution is -2.27. The molecule has 0 unspecified atom stereocenters. The van der Waals surface area contributed by atoms with Crippen molar-refractivity contribution in [2.75, 3.05) is 14.2 Å². The molecule has 0 bridgehead atoms. The monoisotopic (exact) mass is 368 g/mol. The van der Waals surface area contributed by atoms with E-state index in [1.165, 1.54) is 43.3 Å². The van der Waals surface area contributed by atoms with Gasteiger partial charge in [-0.2, -0.15) is 0 Å². The Morgan fingerprint density at radius 3 is 2.59 bits per heavy atom. The van der Waals surface area contributed by atoms with Crippen LogP contribution in [-0.4, -0.2) is 35.7 Å². The Morgan fingerprint density at radius 1 is 1.07 bits per heavy atom. The molecule has 0 aliphatic heterocycles. The number of carbonyl (C=O) groups is 2. The molecule has 0 saturated carbocycles. The van der Waals surface area contributed by atoms with Crippen molar-refractivity contribution in [3.05, 3.63) is 64.7 Å². The lowest BCUT2D eigenvalue weighted by atomic mass is 10.2. The van der Waals surface area contributed by atoms with E-state index in [0.717, 1.165) is 0 Å². The van der Waals surface area contributed by atoms with Gasteiger partial charge in [-0.1, -0.05) is 12.1 Å². The number of fused-ring (bicyclic) bond motifs is 1. The third kappa shape index (κ3) is 3.79. The van der Waals surface area contributed by atoms with Gasteiger partial charge in [0.2, 0.25) is 0 Å². The van der Waals surface area contributed by atoms with E-state index in [4.69, 9.17) is 9.47 Å². The molecular formula is C19H16N2O6. The average molecular weight is 368 g/mol. The Kier molecular flexibility index (Phi) is 5.16. The topological polar surface area (TPSA) is 96.7 Å². The maximum atomic E-state index is 12.4. The second-order valence-electron chi connectivity index (χ2n) is 5.53. The molecule has 3 aromatic rings. The van der Waals surface area contributed by atoms with E-state index in [1.807, 2.05) is 0 Å². The van der Waals surface area contributed by atoms with Crippen LogP contribution in [-0.2, 0) is 16.1 Å². The van der Waals surface area contributed by atoms with Crippen molar-refractivity contribution in [3.63, 3.8) is 0 Å². The third-order valence-corrected chi connectivity index (χ3v) is 3.84. The van der Waals surface area contributed by atoms with Crippen molar-refractivity contribution in [1.29, 1.82) is 0 Å². The van der Waals surface area contributed by atoms with Gasteiger partial charge in [-0.3, -0.25) is 9.36 Å². The molecule has 0 aliphatic rings. The number of benzene rings is 2. The number of ether oxygens (including phenoxy) is 3. The van der Waals surface area contributed by atoms with Gasteiger partial charge in [0, 0.05) is 0 Å². The summed E-state index contributed by atoms with van der Waals surface area (Å²) in [5.74, 6) is -0.912. The van der Waals surface area contributed by atoms with Crippen LogP contribution in [0.2, 0.25) is 0 Å². The van der Waals surface area contributed by atoms with E-state index in [1.54, 1.807) is 24.3 Å². The number of aromatic nitrogens is 2. The van der Waals surface area contributed by atoms with Gasteiger partial charge in [0.25, 0.3) is 5.56 Å². The van der Waals surface area contributed by atoms with Gasteiger partial charge < -0.3 is 14.2 Å². The van der Waals surface area contributed by atoms with Gasteiger partial charge in [-0.25, -0.2) is 14.6 Å². The number of methoxy groups -OCH3 is 2. The summed E-state index contributed by atoms with van der Waals surface area (Å²) in [7, 11) is 2.64. The minimum absolute atomic E-state index is 0.122. The van der Waals surface area contributed by atoms with Crippen molar-refractivity contribution < 1.29 is 23.8 Å². The second-order valence-corrected chi connectivity index (χ2v) is 5.53. The second kappa shape index (κ2) is 7.69. The van der Waals surface area contributed by atoms with Crippen molar-refractivity contribution in [1.82, 2.24) is 9.55 Å². The Hall–Kier alpha value is -3.68. The minimum Gasteiger partial charge on any atom is -0.493 e. The van der Waals surface area contributed by atoms with E-state index in [2.05, 4.69) is 9.72 Å². The van der Waals surface area contributed by atoms with Crippen LogP contribution in [0.1, 0.15) is 10.4 Å². The van der Waals surface area contributed by atoms with Gasteiger partial charge >= 0.3 is 11.9 Å². The number of carbonyl (C=O) groups excluding carboxylic acids is 2. The quantitative estimate of drug-likeness (QED) is 0.500. The van der Waals surface area contributed by atoms with Gasteiger partial charge in [0.1, 0.15) is 6.54 Å². The summed E-state index contributed by atoms with van der Waals surface area (Å²) in [6, 6.07) is 11.1. The number of hydrogen-bond acceptors (Lipinski definition) is 7. The third-order valence-electron chi connectivity index (χ3n) is 3.84. The highest BCUT2D eigenvalue weighted by molar-refractivity contribution is 5.90. The van der Waals surface area contributed by atoms with Gasteiger partial charge in [0.15, 0.2) is 11.5 Å². The van der Waals surface area contributed by atoms with Crippen molar-refractivity contribution in [3.8, 4) is 11.5 Å². The van der Waals surface area contributed by atoms with Crippen LogP contribution < -0.4 is 15.0 Å². The van der Waals surface area contributed by atoms with Crippen LogP contribution in [0.15, 0.2) is 53.6 Å². The van der Waals surface area contributed by atoms with Gasteiger partial charge in [-0.05, 0) is 30.3 Å². The number of para-hydroxylation sites is 1. The van der Waals surface area contributed by atoms with Crippen LogP contribution in [0.3, 0.4) is 0 Å². The van der Waals surface area contributed by atoms with Gasteiger partial charge in [-0.15, -0.1) is 0 Å². The Balaban J connectivity index is 1.81. The number of esters is 2. The zero-order valence-corrected chi connectivity index (χ0v) is 14.7. The first-order chi connectivity index (χ1) is 13.0. The highest BCUT2D eigenvalue weighted by Crippen LogP contribution is 2.28. The highest BCUT2D eigenvalue weighted by Gasteiger charge is 2.15. The molecule has 0 N–H and O–H groups in total. The van der Waals surface area contributed by atoms with E-state index in [9.17, 15) is 14.4 Å². The molecule has 1 aromatic heterocycles. The minimum atomic E-state index is -0.682. The van der Waals surface area contributed by atoms with Crippen LogP contribution in [0.5, 0.6) is 11.5 Å². The van der Waals surface area contributed by atoms with Crippen LogP contribution in [0.25, 0.3) is 10.9 Å². The first-order valence-electron chi connectivity index (χ1n) is 7.94. The SMILES string of the molecule is COC(=O)c1ccc(OC(=O)Cn2cnc3ccccc3c2=O)c(OC)c1. The summed E-state index contributed by atoms with van der Waals surface area (Å²) in [4.78, 5) is 40.4. The Morgan fingerprint density at radius 2 is 1.85 bits per heavy atom. The zero-order chi connectivity index (χ0) is 19.4. The van der Waals surface area contributed by atoms with Crippen molar-refractivity contribution >= 4 is 22.8 Å². The number of nitrogens with zero attached hydrogens (tertiary/aromatic N) is 2. The van der Waals surface area contributed by atoms with Crippen molar-refractivity contribution in [2.45, 2.75) is 6.54 Å². The zero-order valence-electron chi connectivity index (χ0n) is 14.7. The van der Waals surface area contributed by atoms with E-state index < -0.39 is 11.9 Å². The standard InChI is InChI=1S/C19H16N2O6/c1-25-16-9-12(19(24)26-2)7-8-15(16)27-17(22)10-21-11-20-14-6-4-3-5-13(14)18(21)23/h3-9,11H,10H2,1-2H3. The lowest BCUT2D eigenvalue weighted by Gasteiger charge is -2.11. The molecule has 27 heavy (non-hydrogen) atoms. The molecule has 8 heteroatoms. The summed E-state index contributed by atoms with van der Waals surface area (Å²) in [5.41, 5.74) is 0.460. The summed E-state index contributed by atoms with van der Waals surface area (Å²) < 4.78 is 16.2. The molecule has 138 valence electrons. The fourth-order valence-electron chi connectivity index (χ4n) is 2.51.